The standard InChI is InChI=1S/C19H17NO4S/c1-3-8-17(4-2)25(22,23)18-13-11-15(12-14-18)20-19(21)24-16-9-6-5-7-10-16/h3-14H,1-2H2,(H,20,21)/b17-8+. The first-order chi connectivity index (χ1) is 12.0. The molecule has 1 amide bonds. The second-order valence-electron chi connectivity index (χ2n) is 4.86. The van der Waals surface area contributed by atoms with E-state index in [4.69, 9.17) is 4.74 Å². The number of hydrogen-bond acceptors (Lipinski definition) is 4. The maximum absolute atomic E-state index is 12.4. The Morgan fingerprint density at radius 1 is 1.00 bits per heavy atom. The summed E-state index contributed by atoms with van der Waals surface area (Å²) in [6.07, 6.45) is 3.33. The van der Waals surface area contributed by atoms with Gasteiger partial charge in [0.2, 0.25) is 9.84 Å². The summed E-state index contributed by atoms with van der Waals surface area (Å²) in [6, 6.07) is 14.4. The second-order valence-corrected chi connectivity index (χ2v) is 6.81. The molecule has 0 unspecified atom stereocenters. The lowest BCUT2D eigenvalue weighted by atomic mass is 10.3. The van der Waals surface area contributed by atoms with E-state index < -0.39 is 15.9 Å². The normalized spacial score (nSPS) is 11.4. The SMILES string of the molecule is C=C/C=C(\C=C)S(=O)(=O)c1ccc(NC(=O)Oc2ccccc2)cc1. The van der Waals surface area contributed by atoms with Crippen molar-refractivity contribution in [3.63, 3.8) is 0 Å². The van der Waals surface area contributed by atoms with Crippen LogP contribution in [0.1, 0.15) is 0 Å². The molecule has 2 aromatic carbocycles. The highest BCUT2D eigenvalue weighted by Crippen LogP contribution is 2.22. The number of sulfone groups is 1. The molecule has 0 bridgehead atoms. The van der Waals surface area contributed by atoms with Crippen molar-refractivity contribution in [3.8, 4) is 5.75 Å². The minimum atomic E-state index is -3.68. The smallest absolute Gasteiger partial charge is 0.410 e. The fourth-order valence-electron chi connectivity index (χ4n) is 1.98. The number of para-hydroxylation sites is 1. The van der Waals surface area contributed by atoms with Crippen LogP contribution in [0.2, 0.25) is 0 Å². The van der Waals surface area contributed by atoms with Crippen LogP contribution in [-0.2, 0) is 9.84 Å². The quantitative estimate of drug-likeness (QED) is 0.783. The maximum atomic E-state index is 12.4. The highest BCUT2D eigenvalue weighted by molar-refractivity contribution is 7.95. The van der Waals surface area contributed by atoms with Gasteiger partial charge in [-0.15, -0.1) is 0 Å². The van der Waals surface area contributed by atoms with E-state index in [9.17, 15) is 13.2 Å². The summed E-state index contributed by atoms with van der Waals surface area (Å²) in [4.78, 5) is 12.0. The molecule has 2 aromatic rings. The Hall–Kier alpha value is -3.12. The van der Waals surface area contributed by atoms with Crippen molar-refractivity contribution in [2.75, 3.05) is 5.32 Å². The Bertz CT molecular complexity index is 898. The van der Waals surface area contributed by atoms with Crippen molar-refractivity contribution in [3.05, 3.63) is 90.9 Å². The predicted octanol–water partition coefficient (Wildman–Crippen LogP) is 4.33. The molecule has 0 atom stereocenters. The third kappa shape index (κ3) is 4.68. The van der Waals surface area contributed by atoms with Crippen molar-refractivity contribution >= 4 is 21.6 Å². The molecule has 25 heavy (non-hydrogen) atoms. The molecule has 0 radical (unpaired) electrons. The summed E-state index contributed by atoms with van der Waals surface area (Å²) >= 11 is 0. The molecule has 128 valence electrons. The first-order valence-corrected chi connectivity index (χ1v) is 8.80. The number of hydrogen-bond donors (Lipinski definition) is 1. The van der Waals surface area contributed by atoms with Crippen LogP contribution < -0.4 is 10.1 Å². The molecule has 0 aliphatic heterocycles. The molecule has 2 rings (SSSR count). The topological polar surface area (TPSA) is 72.5 Å². The Morgan fingerprint density at radius 3 is 2.20 bits per heavy atom. The van der Waals surface area contributed by atoms with Crippen LogP contribution >= 0.6 is 0 Å². The molecule has 0 saturated carbocycles. The average molecular weight is 355 g/mol. The highest BCUT2D eigenvalue weighted by Gasteiger charge is 2.17. The zero-order valence-corrected chi connectivity index (χ0v) is 14.2. The van der Waals surface area contributed by atoms with Gasteiger partial charge in [-0.1, -0.05) is 43.5 Å². The van der Waals surface area contributed by atoms with E-state index in [0.29, 0.717) is 11.4 Å². The molecule has 0 spiro atoms. The van der Waals surface area contributed by atoms with Crippen molar-refractivity contribution < 1.29 is 17.9 Å². The molecule has 0 aliphatic carbocycles. The molecule has 1 N–H and O–H groups in total. The van der Waals surface area contributed by atoms with Gasteiger partial charge in [0.1, 0.15) is 5.75 Å². The van der Waals surface area contributed by atoms with Gasteiger partial charge in [-0.25, -0.2) is 13.2 Å². The molecule has 6 heteroatoms. The number of amides is 1. The van der Waals surface area contributed by atoms with Gasteiger partial charge in [-0.2, -0.15) is 0 Å². The molecule has 0 saturated heterocycles. The summed E-state index contributed by atoms with van der Waals surface area (Å²) in [5.74, 6) is 0.407. The molecule has 5 nitrogen and oxygen atoms in total. The first kappa shape index (κ1) is 18.2. The molecular weight excluding hydrogens is 338 g/mol. The number of rotatable bonds is 6. The van der Waals surface area contributed by atoms with Gasteiger partial charge in [-0.05, 0) is 42.5 Å². The minimum Gasteiger partial charge on any atom is -0.410 e. The number of nitrogens with one attached hydrogen (secondary N) is 1. The number of ether oxygens (including phenoxy) is 1. The van der Waals surface area contributed by atoms with Crippen molar-refractivity contribution in [1.29, 1.82) is 0 Å². The second kappa shape index (κ2) is 8.12. The van der Waals surface area contributed by atoms with Gasteiger partial charge in [0.15, 0.2) is 0 Å². The van der Waals surface area contributed by atoms with Gasteiger partial charge < -0.3 is 4.74 Å². The Morgan fingerprint density at radius 2 is 1.64 bits per heavy atom. The number of allylic oxidation sites excluding steroid dienone is 3. The van der Waals surface area contributed by atoms with E-state index in [2.05, 4.69) is 18.5 Å². The lowest BCUT2D eigenvalue weighted by Gasteiger charge is -2.08. The monoisotopic (exact) mass is 355 g/mol. The van der Waals surface area contributed by atoms with Crippen molar-refractivity contribution in [1.82, 2.24) is 0 Å². The predicted molar refractivity (Wildman–Crippen MR) is 98.2 cm³/mol. The van der Waals surface area contributed by atoms with Crippen LogP contribution in [0.4, 0.5) is 10.5 Å². The summed E-state index contributed by atoms with van der Waals surface area (Å²) in [5, 5.41) is 2.53. The summed E-state index contributed by atoms with van der Waals surface area (Å²) in [6.45, 7) is 6.99. The van der Waals surface area contributed by atoms with E-state index >= 15 is 0 Å². The third-order valence-corrected chi connectivity index (χ3v) is 4.97. The van der Waals surface area contributed by atoms with E-state index in [0.717, 1.165) is 0 Å². The molecule has 0 heterocycles. The largest absolute Gasteiger partial charge is 0.417 e. The van der Waals surface area contributed by atoms with Crippen LogP contribution in [-0.4, -0.2) is 14.5 Å². The fourth-order valence-corrected chi connectivity index (χ4v) is 3.24. The number of benzene rings is 2. The average Bonchev–Trinajstić information content (AvgIpc) is 2.60. The van der Waals surface area contributed by atoms with Crippen LogP contribution in [0.25, 0.3) is 0 Å². The van der Waals surface area contributed by atoms with Gasteiger partial charge in [-0.3, -0.25) is 5.32 Å². The van der Waals surface area contributed by atoms with Crippen LogP contribution in [0, 0.1) is 0 Å². The van der Waals surface area contributed by atoms with E-state index in [-0.39, 0.29) is 9.80 Å². The van der Waals surface area contributed by atoms with Crippen molar-refractivity contribution in [2.45, 2.75) is 4.90 Å². The van der Waals surface area contributed by atoms with Gasteiger partial charge in [0.25, 0.3) is 0 Å². The summed E-state index contributed by atoms with van der Waals surface area (Å²) in [7, 11) is -3.68. The van der Waals surface area contributed by atoms with E-state index in [1.165, 1.54) is 42.5 Å². The van der Waals surface area contributed by atoms with Crippen LogP contribution in [0.3, 0.4) is 0 Å². The number of carbonyl (C=O) groups excluding carboxylic acids is 1. The van der Waals surface area contributed by atoms with Crippen molar-refractivity contribution in [2.24, 2.45) is 0 Å². The zero-order chi connectivity index (χ0) is 18.3. The number of carbonyl (C=O) groups is 1. The van der Waals surface area contributed by atoms with Gasteiger partial charge in [0.05, 0.1) is 9.80 Å². The minimum absolute atomic E-state index is 0.0479. The zero-order valence-electron chi connectivity index (χ0n) is 13.4. The van der Waals surface area contributed by atoms with Gasteiger partial charge in [0, 0.05) is 5.69 Å². The highest BCUT2D eigenvalue weighted by atomic mass is 32.2. The number of anilines is 1. The maximum Gasteiger partial charge on any atom is 0.417 e. The first-order valence-electron chi connectivity index (χ1n) is 7.31. The Kier molecular flexibility index (Phi) is 5.92. The van der Waals surface area contributed by atoms with Crippen LogP contribution in [0.15, 0.2) is 95.8 Å². The lowest BCUT2D eigenvalue weighted by molar-refractivity contribution is 0.215. The lowest BCUT2D eigenvalue weighted by Crippen LogP contribution is -2.16. The van der Waals surface area contributed by atoms with Crippen LogP contribution in [0.5, 0.6) is 5.75 Å². The molecule has 0 aliphatic rings. The van der Waals surface area contributed by atoms with Gasteiger partial charge >= 0.3 is 6.09 Å². The van der Waals surface area contributed by atoms with E-state index in [1.54, 1.807) is 24.3 Å². The Balaban J connectivity index is 2.12. The summed E-state index contributed by atoms with van der Waals surface area (Å²) in [5.41, 5.74) is 0.410. The third-order valence-electron chi connectivity index (χ3n) is 3.16. The van der Waals surface area contributed by atoms with E-state index in [1.807, 2.05) is 6.07 Å². The Labute approximate surface area is 146 Å². The summed E-state index contributed by atoms with van der Waals surface area (Å²) < 4.78 is 30.0. The molecular formula is C19H17NO4S. The molecule has 0 fully saturated rings. The fraction of sp³-hybridized carbons (Fsp3) is 0. The molecule has 0 aromatic heterocycles.